The van der Waals surface area contributed by atoms with Crippen molar-refractivity contribution in [2.24, 2.45) is 0 Å². The maximum Gasteiger partial charge on any atom is 0.123 e. The first kappa shape index (κ1) is 10.8. The van der Waals surface area contributed by atoms with E-state index in [0.717, 1.165) is 32.8 Å². The molecule has 0 N–H and O–H groups in total. The van der Waals surface area contributed by atoms with Crippen LogP contribution in [0, 0.1) is 5.82 Å². The van der Waals surface area contributed by atoms with E-state index >= 15 is 0 Å². The molecular weight excluding hydrogens is 281 g/mol. The molecule has 2 aromatic carbocycles. The average molecular weight is 292 g/mol. The first-order valence-electron chi connectivity index (χ1n) is 5.57. The van der Waals surface area contributed by atoms with E-state index in [2.05, 4.69) is 33.5 Å². The fourth-order valence-electron chi connectivity index (χ4n) is 2.39. The molecule has 1 nitrogen and oxygen atoms in total. The van der Waals surface area contributed by atoms with Gasteiger partial charge in [0.2, 0.25) is 0 Å². The molecule has 0 aliphatic rings. The topological polar surface area (TPSA) is 4.93 Å². The Labute approximate surface area is 107 Å². The molecule has 0 radical (unpaired) electrons. The van der Waals surface area contributed by atoms with E-state index in [9.17, 15) is 4.39 Å². The number of nitrogens with zero attached hydrogens (tertiary/aromatic N) is 1. The van der Waals surface area contributed by atoms with Crippen LogP contribution in [0.25, 0.3) is 21.8 Å². The second-order valence-electron chi connectivity index (χ2n) is 4.07. The third kappa shape index (κ3) is 1.57. The number of rotatable bonds is 1. The maximum absolute atomic E-state index is 13.4. The molecule has 3 aromatic rings. The molecule has 86 valence electrons. The summed E-state index contributed by atoms with van der Waals surface area (Å²) in [7, 11) is 0. The van der Waals surface area contributed by atoms with Crippen molar-refractivity contribution in [2.45, 2.75) is 13.5 Å². The molecule has 0 atom stereocenters. The smallest absolute Gasteiger partial charge is 0.123 e. The molecule has 0 fully saturated rings. The Morgan fingerprint density at radius 3 is 2.41 bits per heavy atom. The number of hydrogen-bond donors (Lipinski definition) is 0. The van der Waals surface area contributed by atoms with Gasteiger partial charge in [0, 0.05) is 32.8 Å². The first-order chi connectivity index (χ1) is 8.20. The van der Waals surface area contributed by atoms with Crippen LogP contribution in [0.4, 0.5) is 4.39 Å². The number of halogens is 2. The summed E-state index contributed by atoms with van der Waals surface area (Å²) in [6.45, 7) is 2.98. The average Bonchev–Trinajstić information content (AvgIpc) is 2.62. The molecule has 17 heavy (non-hydrogen) atoms. The predicted octanol–water partition coefficient (Wildman–Crippen LogP) is 4.72. The summed E-state index contributed by atoms with van der Waals surface area (Å²) in [5.74, 6) is -0.187. The van der Waals surface area contributed by atoms with E-state index in [0.29, 0.717) is 0 Å². The molecule has 0 amide bonds. The van der Waals surface area contributed by atoms with Gasteiger partial charge in [-0.25, -0.2) is 4.39 Å². The molecule has 0 spiro atoms. The van der Waals surface area contributed by atoms with Gasteiger partial charge in [-0.05, 0) is 43.3 Å². The zero-order valence-electron chi connectivity index (χ0n) is 9.37. The number of benzene rings is 2. The van der Waals surface area contributed by atoms with Crippen LogP contribution >= 0.6 is 15.9 Å². The van der Waals surface area contributed by atoms with Crippen LogP contribution in [0.1, 0.15) is 6.92 Å². The monoisotopic (exact) mass is 291 g/mol. The lowest BCUT2D eigenvalue weighted by Gasteiger charge is -2.02. The second-order valence-corrected chi connectivity index (χ2v) is 4.98. The van der Waals surface area contributed by atoms with Crippen molar-refractivity contribution in [1.82, 2.24) is 4.57 Å². The highest BCUT2D eigenvalue weighted by molar-refractivity contribution is 9.10. The van der Waals surface area contributed by atoms with Crippen LogP contribution in [-0.4, -0.2) is 4.57 Å². The van der Waals surface area contributed by atoms with Crippen molar-refractivity contribution in [3.63, 3.8) is 0 Å². The van der Waals surface area contributed by atoms with E-state index in [1.807, 2.05) is 18.2 Å². The Morgan fingerprint density at radius 1 is 1.06 bits per heavy atom. The second kappa shape index (κ2) is 3.84. The fourth-order valence-corrected chi connectivity index (χ4v) is 2.75. The first-order valence-corrected chi connectivity index (χ1v) is 6.37. The predicted molar refractivity (Wildman–Crippen MR) is 72.8 cm³/mol. The Hall–Kier alpha value is -1.35. The third-order valence-electron chi connectivity index (χ3n) is 3.11. The molecule has 0 saturated heterocycles. The molecular formula is C14H11BrFN. The molecule has 3 heteroatoms. The van der Waals surface area contributed by atoms with Gasteiger partial charge >= 0.3 is 0 Å². The van der Waals surface area contributed by atoms with Gasteiger partial charge in [0.25, 0.3) is 0 Å². The fraction of sp³-hybridized carbons (Fsp3) is 0.143. The van der Waals surface area contributed by atoms with Gasteiger partial charge in [-0.3, -0.25) is 0 Å². The number of hydrogen-bond acceptors (Lipinski definition) is 0. The van der Waals surface area contributed by atoms with Crippen molar-refractivity contribution in [2.75, 3.05) is 0 Å². The maximum atomic E-state index is 13.4. The normalized spacial score (nSPS) is 11.5. The Kier molecular flexibility index (Phi) is 2.44. The van der Waals surface area contributed by atoms with Crippen LogP contribution < -0.4 is 0 Å². The summed E-state index contributed by atoms with van der Waals surface area (Å²) in [6.07, 6.45) is 0. The van der Waals surface area contributed by atoms with E-state index in [1.165, 1.54) is 6.07 Å². The number of aromatic nitrogens is 1. The molecule has 0 bridgehead atoms. The minimum absolute atomic E-state index is 0.187. The number of fused-ring (bicyclic) bond motifs is 3. The lowest BCUT2D eigenvalue weighted by Crippen LogP contribution is -1.92. The van der Waals surface area contributed by atoms with Crippen LogP contribution in [0.2, 0.25) is 0 Å². The zero-order valence-corrected chi connectivity index (χ0v) is 11.0. The van der Waals surface area contributed by atoms with Crippen molar-refractivity contribution in [1.29, 1.82) is 0 Å². The zero-order chi connectivity index (χ0) is 12.0. The van der Waals surface area contributed by atoms with Crippen LogP contribution in [-0.2, 0) is 6.54 Å². The van der Waals surface area contributed by atoms with Gasteiger partial charge in [-0.1, -0.05) is 15.9 Å². The SMILES string of the molecule is CCn1c2ccc(F)cc2c2cc(Br)ccc21. The van der Waals surface area contributed by atoms with Crippen molar-refractivity contribution in [3.8, 4) is 0 Å². The standard InChI is InChI=1S/C14H11BrFN/c1-2-17-13-5-3-9(15)7-11(13)12-8-10(16)4-6-14(12)17/h3-8H,2H2,1H3. The minimum Gasteiger partial charge on any atom is -0.341 e. The van der Waals surface area contributed by atoms with Crippen molar-refractivity contribution < 1.29 is 4.39 Å². The molecule has 0 aliphatic carbocycles. The highest BCUT2D eigenvalue weighted by Gasteiger charge is 2.10. The minimum atomic E-state index is -0.187. The van der Waals surface area contributed by atoms with Gasteiger partial charge in [-0.15, -0.1) is 0 Å². The van der Waals surface area contributed by atoms with Gasteiger partial charge < -0.3 is 4.57 Å². The Bertz CT molecular complexity index is 656. The van der Waals surface area contributed by atoms with Gasteiger partial charge in [0.15, 0.2) is 0 Å². The van der Waals surface area contributed by atoms with Crippen molar-refractivity contribution >= 4 is 37.7 Å². The lowest BCUT2D eigenvalue weighted by molar-refractivity contribution is 0.629. The largest absolute Gasteiger partial charge is 0.341 e. The summed E-state index contributed by atoms with van der Waals surface area (Å²) in [4.78, 5) is 0. The van der Waals surface area contributed by atoms with Crippen LogP contribution in [0.15, 0.2) is 40.9 Å². The lowest BCUT2D eigenvalue weighted by atomic mass is 10.1. The Morgan fingerprint density at radius 2 is 1.71 bits per heavy atom. The quantitative estimate of drug-likeness (QED) is 0.612. The third-order valence-corrected chi connectivity index (χ3v) is 3.60. The van der Waals surface area contributed by atoms with Crippen LogP contribution in [0.3, 0.4) is 0 Å². The highest BCUT2D eigenvalue weighted by atomic mass is 79.9. The van der Waals surface area contributed by atoms with E-state index in [-0.39, 0.29) is 5.82 Å². The molecule has 0 unspecified atom stereocenters. The summed E-state index contributed by atoms with van der Waals surface area (Å²) in [5, 5.41) is 2.07. The molecule has 1 aromatic heterocycles. The molecule has 0 aliphatic heterocycles. The highest BCUT2D eigenvalue weighted by Crippen LogP contribution is 2.31. The molecule has 0 saturated carbocycles. The van der Waals surface area contributed by atoms with Gasteiger partial charge in [0.05, 0.1) is 0 Å². The van der Waals surface area contributed by atoms with Crippen molar-refractivity contribution in [3.05, 3.63) is 46.7 Å². The summed E-state index contributed by atoms with van der Waals surface area (Å²) < 4.78 is 16.6. The summed E-state index contributed by atoms with van der Waals surface area (Å²) >= 11 is 3.46. The van der Waals surface area contributed by atoms with Gasteiger partial charge in [-0.2, -0.15) is 0 Å². The van der Waals surface area contributed by atoms with Gasteiger partial charge in [0.1, 0.15) is 5.82 Å². The summed E-state index contributed by atoms with van der Waals surface area (Å²) in [5.41, 5.74) is 2.23. The molecule has 1 heterocycles. The van der Waals surface area contributed by atoms with E-state index < -0.39 is 0 Å². The Balaban J connectivity index is 2.57. The number of aryl methyl sites for hydroxylation is 1. The molecule has 3 rings (SSSR count). The van der Waals surface area contributed by atoms with E-state index in [4.69, 9.17) is 0 Å². The summed E-state index contributed by atoms with van der Waals surface area (Å²) in [6, 6.07) is 11.1. The van der Waals surface area contributed by atoms with E-state index in [1.54, 1.807) is 6.07 Å². The van der Waals surface area contributed by atoms with Crippen LogP contribution in [0.5, 0.6) is 0 Å².